The minimum atomic E-state index is -0.552. The normalized spacial score (nSPS) is 25.3. The fraction of sp³-hybridized carbons (Fsp3) is 0.400. The van der Waals surface area contributed by atoms with E-state index in [0.29, 0.717) is 17.7 Å². The Labute approximate surface area is 186 Å². The van der Waals surface area contributed by atoms with Gasteiger partial charge in [-0.05, 0) is 55.4 Å². The number of amides is 1. The molecule has 2 heterocycles. The van der Waals surface area contributed by atoms with Gasteiger partial charge < -0.3 is 9.30 Å². The molecule has 2 fully saturated rings. The number of fused-ring (bicyclic) bond motifs is 1. The second kappa shape index (κ2) is 7.63. The van der Waals surface area contributed by atoms with Crippen molar-refractivity contribution in [1.29, 1.82) is 5.26 Å². The third-order valence-electron chi connectivity index (χ3n) is 6.82. The van der Waals surface area contributed by atoms with Crippen LogP contribution in [-0.2, 0) is 17.8 Å². The third-order valence-corrected chi connectivity index (χ3v) is 6.82. The number of hydrogen-bond donors (Lipinski definition) is 0. The first-order valence-electron chi connectivity index (χ1n) is 11.0. The van der Waals surface area contributed by atoms with Gasteiger partial charge >= 0.3 is 6.09 Å². The summed E-state index contributed by atoms with van der Waals surface area (Å²) in [7, 11) is 0. The highest BCUT2D eigenvalue weighted by Crippen LogP contribution is 2.47. The molecular formula is C25H25FN4O2. The SMILES string of the molecule is C[C@]1(Cn2cnc3ccc(C#N)cc32)CCC[C@@]2(CN(Cc3ccccc3F)C(=O)O2)C1. The zero-order valence-electron chi connectivity index (χ0n) is 18.1. The molecule has 3 aromatic rings. The van der Waals surface area contributed by atoms with E-state index >= 15 is 0 Å². The summed E-state index contributed by atoms with van der Waals surface area (Å²) in [6.45, 7) is 3.64. The Morgan fingerprint density at radius 2 is 2.09 bits per heavy atom. The maximum absolute atomic E-state index is 14.1. The Kier molecular flexibility index (Phi) is 4.89. The molecule has 2 aliphatic rings. The van der Waals surface area contributed by atoms with Crippen LogP contribution in [0.5, 0.6) is 0 Å². The van der Waals surface area contributed by atoms with E-state index < -0.39 is 5.60 Å². The van der Waals surface area contributed by atoms with Gasteiger partial charge in [-0.15, -0.1) is 0 Å². The molecule has 1 spiro atoms. The molecule has 1 aromatic heterocycles. The van der Waals surface area contributed by atoms with E-state index in [9.17, 15) is 14.4 Å². The number of halogens is 1. The van der Waals surface area contributed by atoms with E-state index in [4.69, 9.17) is 4.74 Å². The first-order valence-corrected chi connectivity index (χ1v) is 11.0. The Morgan fingerprint density at radius 1 is 1.25 bits per heavy atom. The molecule has 7 heteroatoms. The van der Waals surface area contributed by atoms with Crippen molar-refractivity contribution in [3.05, 3.63) is 65.7 Å². The molecule has 2 aromatic carbocycles. The van der Waals surface area contributed by atoms with Gasteiger partial charge in [0, 0.05) is 12.1 Å². The van der Waals surface area contributed by atoms with Gasteiger partial charge in [0.25, 0.3) is 0 Å². The van der Waals surface area contributed by atoms with E-state index in [1.807, 2.05) is 18.5 Å². The maximum atomic E-state index is 14.1. The van der Waals surface area contributed by atoms with Crippen molar-refractivity contribution in [2.45, 2.75) is 51.3 Å². The van der Waals surface area contributed by atoms with Gasteiger partial charge in [-0.25, -0.2) is 14.2 Å². The van der Waals surface area contributed by atoms with Gasteiger partial charge in [0.2, 0.25) is 0 Å². The van der Waals surface area contributed by atoms with E-state index in [0.717, 1.165) is 43.3 Å². The highest BCUT2D eigenvalue weighted by molar-refractivity contribution is 5.77. The molecule has 1 aliphatic carbocycles. The number of rotatable bonds is 4. The summed E-state index contributed by atoms with van der Waals surface area (Å²) in [5, 5.41) is 9.25. The number of imidazole rings is 1. The number of hydrogen-bond acceptors (Lipinski definition) is 4. The van der Waals surface area contributed by atoms with Crippen LogP contribution in [0.15, 0.2) is 48.8 Å². The summed E-state index contributed by atoms with van der Waals surface area (Å²) in [5.41, 5.74) is 2.26. The van der Waals surface area contributed by atoms with Crippen LogP contribution in [0.3, 0.4) is 0 Å². The van der Waals surface area contributed by atoms with E-state index in [1.54, 1.807) is 29.2 Å². The van der Waals surface area contributed by atoms with Crippen LogP contribution in [0, 0.1) is 22.6 Å². The summed E-state index contributed by atoms with van der Waals surface area (Å²) >= 11 is 0. The third kappa shape index (κ3) is 3.70. The number of nitriles is 1. The fourth-order valence-corrected chi connectivity index (χ4v) is 5.46. The van der Waals surface area contributed by atoms with Gasteiger partial charge in [0.05, 0.1) is 42.1 Å². The molecule has 1 saturated carbocycles. The zero-order chi connectivity index (χ0) is 22.3. The zero-order valence-corrected chi connectivity index (χ0v) is 18.1. The van der Waals surface area contributed by atoms with E-state index in [2.05, 4.69) is 22.5 Å². The van der Waals surface area contributed by atoms with Crippen LogP contribution in [0.2, 0.25) is 0 Å². The lowest BCUT2D eigenvalue weighted by molar-refractivity contribution is -0.0270. The summed E-state index contributed by atoms with van der Waals surface area (Å²) in [6, 6.07) is 14.3. The van der Waals surface area contributed by atoms with Gasteiger partial charge in [-0.1, -0.05) is 25.1 Å². The van der Waals surface area contributed by atoms with Crippen molar-refractivity contribution in [2.75, 3.05) is 6.54 Å². The topological polar surface area (TPSA) is 71.2 Å². The van der Waals surface area contributed by atoms with Crippen LogP contribution in [0.25, 0.3) is 11.0 Å². The van der Waals surface area contributed by atoms with Gasteiger partial charge in [0.1, 0.15) is 11.4 Å². The van der Waals surface area contributed by atoms with Crippen LogP contribution >= 0.6 is 0 Å². The number of aromatic nitrogens is 2. The smallest absolute Gasteiger partial charge is 0.410 e. The van der Waals surface area contributed by atoms with Crippen molar-refractivity contribution in [1.82, 2.24) is 14.5 Å². The standard InChI is InChI=1S/C25H25FN4O2/c1-24(15-30-17-28-21-8-7-18(12-27)11-22(21)30)9-4-10-25(14-24)16-29(23(31)32-25)13-19-5-2-3-6-20(19)26/h2-3,5-8,11,17H,4,9-10,13-16H2,1H3/t24-,25-/m0/s1. The lowest BCUT2D eigenvalue weighted by Crippen LogP contribution is -2.44. The van der Waals surface area contributed by atoms with Crippen LogP contribution < -0.4 is 0 Å². The van der Waals surface area contributed by atoms with Gasteiger partial charge in [-0.3, -0.25) is 4.90 Å². The minimum absolute atomic E-state index is 0.0944. The lowest BCUT2D eigenvalue weighted by Gasteiger charge is -2.43. The summed E-state index contributed by atoms with van der Waals surface area (Å²) in [5.74, 6) is -0.307. The van der Waals surface area contributed by atoms with Crippen molar-refractivity contribution >= 4 is 17.1 Å². The van der Waals surface area contributed by atoms with Crippen molar-refractivity contribution < 1.29 is 13.9 Å². The molecular weight excluding hydrogens is 407 g/mol. The number of carbonyl (C=O) groups excluding carboxylic acids is 1. The molecule has 1 saturated heterocycles. The molecule has 5 rings (SSSR count). The molecule has 0 radical (unpaired) electrons. The first kappa shape index (κ1) is 20.5. The molecule has 1 aliphatic heterocycles. The molecule has 2 atom stereocenters. The molecule has 164 valence electrons. The van der Waals surface area contributed by atoms with Crippen LogP contribution in [-0.4, -0.2) is 32.7 Å². The van der Waals surface area contributed by atoms with Crippen LogP contribution in [0.1, 0.15) is 43.7 Å². The van der Waals surface area contributed by atoms with E-state index in [-0.39, 0.29) is 23.9 Å². The molecule has 0 bridgehead atoms. The fourth-order valence-electron chi connectivity index (χ4n) is 5.46. The Hall–Kier alpha value is -3.40. The predicted molar refractivity (Wildman–Crippen MR) is 117 cm³/mol. The Morgan fingerprint density at radius 3 is 2.91 bits per heavy atom. The minimum Gasteiger partial charge on any atom is -0.441 e. The predicted octanol–water partition coefficient (Wildman–Crippen LogP) is 5.02. The van der Waals surface area contributed by atoms with E-state index in [1.165, 1.54) is 6.07 Å². The highest BCUT2D eigenvalue weighted by atomic mass is 19.1. The van der Waals surface area contributed by atoms with Gasteiger partial charge in [-0.2, -0.15) is 5.26 Å². The number of benzene rings is 2. The Balaban J connectivity index is 1.35. The largest absolute Gasteiger partial charge is 0.441 e. The number of nitrogens with zero attached hydrogens (tertiary/aromatic N) is 4. The number of ether oxygens (including phenoxy) is 1. The monoisotopic (exact) mass is 432 g/mol. The van der Waals surface area contributed by atoms with Crippen molar-refractivity contribution in [3.63, 3.8) is 0 Å². The van der Waals surface area contributed by atoms with Crippen LogP contribution in [0.4, 0.5) is 9.18 Å². The average molecular weight is 432 g/mol. The highest BCUT2D eigenvalue weighted by Gasteiger charge is 2.51. The lowest BCUT2D eigenvalue weighted by atomic mass is 9.68. The van der Waals surface area contributed by atoms with Crippen molar-refractivity contribution in [2.24, 2.45) is 5.41 Å². The van der Waals surface area contributed by atoms with Gasteiger partial charge in [0.15, 0.2) is 0 Å². The molecule has 32 heavy (non-hydrogen) atoms. The number of carbonyl (C=O) groups is 1. The second-order valence-electron chi connectivity index (χ2n) is 9.53. The molecule has 0 unspecified atom stereocenters. The summed E-state index contributed by atoms with van der Waals surface area (Å²) < 4.78 is 22.2. The Bertz CT molecular complexity index is 1230. The molecule has 6 nitrogen and oxygen atoms in total. The first-order chi connectivity index (χ1) is 15.4. The average Bonchev–Trinajstić information content (AvgIpc) is 3.29. The molecule has 0 N–H and O–H groups in total. The summed E-state index contributed by atoms with van der Waals surface area (Å²) in [4.78, 5) is 18.8. The quantitative estimate of drug-likeness (QED) is 0.580. The second-order valence-corrected chi connectivity index (χ2v) is 9.53. The summed E-state index contributed by atoms with van der Waals surface area (Å²) in [6.07, 6.45) is 4.96. The maximum Gasteiger partial charge on any atom is 0.410 e. The van der Waals surface area contributed by atoms with Crippen molar-refractivity contribution in [3.8, 4) is 6.07 Å². The molecule has 1 amide bonds.